The number of amides is 3. The molecule has 1 fully saturated rings. The molecule has 2 aromatic carbocycles. The van der Waals surface area contributed by atoms with Gasteiger partial charge in [-0.15, -0.1) is 0 Å². The van der Waals surface area contributed by atoms with Crippen LogP contribution < -0.4 is 14.8 Å². The summed E-state index contributed by atoms with van der Waals surface area (Å²) in [6.07, 6.45) is 1.64. The summed E-state index contributed by atoms with van der Waals surface area (Å²) in [6.45, 7) is 2.57. The van der Waals surface area contributed by atoms with Gasteiger partial charge in [0.1, 0.15) is 5.69 Å². The molecule has 8 nitrogen and oxygen atoms in total. The van der Waals surface area contributed by atoms with Gasteiger partial charge >= 0.3 is 0 Å². The molecule has 1 N–H and O–H groups in total. The van der Waals surface area contributed by atoms with Crippen LogP contribution in [0.1, 0.15) is 23.0 Å². The zero-order valence-electron chi connectivity index (χ0n) is 18.7. The zero-order chi connectivity index (χ0) is 24.1. The monoisotopic (exact) mass is 477 g/mol. The first kappa shape index (κ1) is 23.3. The van der Waals surface area contributed by atoms with E-state index >= 15 is 0 Å². The molecule has 0 radical (unpaired) electrons. The summed E-state index contributed by atoms with van der Waals surface area (Å²) in [5.74, 6) is 0.377. The van der Waals surface area contributed by atoms with Crippen LogP contribution in [0.5, 0.6) is 11.5 Å². The average Bonchev–Trinajstić information content (AvgIpc) is 3.11. The first-order valence-corrected chi connectivity index (χ1v) is 11.5. The summed E-state index contributed by atoms with van der Waals surface area (Å²) in [7, 11) is 1.54. The number of hydrogen-bond donors (Lipinski definition) is 1. The summed E-state index contributed by atoms with van der Waals surface area (Å²) in [5.41, 5.74) is 1.70. The van der Waals surface area contributed by atoms with Crippen LogP contribution in [0, 0.1) is 0 Å². The summed E-state index contributed by atoms with van der Waals surface area (Å²) in [6, 6.07) is 16.3. The fourth-order valence-corrected chi connectivity index (χ4v) is 4.32. The molecule has 0 atom stereocenters. The van der Waals surface area contributed by atoms with Crippen molar-refractivity contribution in [2.75, 3.05) is 26.8 Å². The van der Waals surface area contributed by atoms with Crippen molar-refractivity contribution in [3.05, 3.63) is 70.8 Å². The minimum absolute atomic E-state index is 0.0634. The van der Waals surface area contributed by atoms with Crippen molar-refractivity contribution in [2.24, 2.45) is 0 Å². The molecule has 3 amide bonds. The molecule has 1 saturated heterocycles. The van der Waals surface area contributed by atoms with Gasteiger partial charge in [0, 0.05) is 18.5 Å². The quantitative estimate of drug-likeness (QED) is 0.488. The molecule has 0 bridgehead atoms. The van der Waals surface area contributed by atoms with Crippen LogP contribution in [0.4, 0.5) is 4.79 Å². The van der Waals surface area contributed by atoms with Gasteiger partial charge in [0.15, 0.2) is 11.5 Å². The van der Waals surface area contributed by atoms with Gasteiger partial charge in [0.2, 0.25) is 0 Å². The average molecular weight is 478 g/mol. The first-order chi connectivity index (χ1) is 16.5. The predicted octanol–water partition coefficient (Wildman–Crippen LogP) is 4.11. The molecule has 0 aliphatic carbocycles. The molecule has 1 aliphatic rings. The topological polar surface area (TPSA) is 97.8 Å². The van der Waals surface area contributed by atoms with E-state index in [-0.39, 0.29) is 29.9 Å². The Morgan fingerprint density at radius 1 is 1.12 bits per heavy atom. The maximum absolute atomic E-state index is 12.8. The summed E-state index contributed by atoms with van der Waals surface area (Å²) in [5, 5.41) is 3.28. The van der Waals surface area contributed by atoms with Crippen LogP contribution in [-0.4, -0.2) is 53.7 Å². The van der Waals surface area contributed by atoms with Crippen molar-refractivity contribution >= 4 is 45.8 Å². The standard InChI is InChI=1S/C25H23N3O5S/c1-3-33-20-11-8-16(14-21(20)32-2)15-22-24(30)28(25(31)34-22)13-12-26-23(29)19-10-9-17-6-4-5-7-18(17)27-19/h4-11,14-15H,3,12-13H2,1-2H3,(H,26,29). The third-order valence-corrected chi connectivity index (χ3v) is 6.02. The van der Waals surface area contributed by atoms with Crippen LogP contribution in [0.15, 0.2) is 59.5 Å². The van der Waals surface area contributed by atoms with Crippen molar-refractivity contribution in [2.45, 2.75) is 6.92 Å². The summed E-state index contributed by atoms with van der Waals surface area (Å²) >= 11 is 0.863. The smallest absolute Gasteiger partial charge is 0.293 e. The molecule has 2 heterocycles. The van der Waals surface area contributed by atoms with Crippen LogP contribution in [0.25, 0.3) is 17.0 Å². The van der Waals surface area contributed by atoms with Gasteiger partial charge in [-0.25, -0.2) is 4.98 Å². The Kier molecular flexibility index (Phi) is 7.12. The molecule has 4 rings (SSSR count). The number of methoxy groups -OCH3 is 1. The van der Waals surface area contributed by atoms with E-state index in [2.05, 4.69) is 10.3 Å². The third kappa shape index (κ3) is 5.04. The molecule has 34 heavy (non-hydrogen) atoms. The molecular formula is C25H23N3O5S. The van der Waals surface area contributed by atoms with Gasteiger partial charge in [0.25, 0.3) is 17.1 Å². The summed E-state index contributed by atoms with van der Waals surface area (Å²) in [4.78, 5) is 43.4. The van der Waals surface area contributed by atoms with Crippen LogP contribution in [0.2, 0.25) is 0 Å². The number of fused-ring (bicyclic) bond motifs is 1. The Hall–Kier alpha value is -3.85. The van der Waals surface area contributed by atoms with E-state index in [1.165, 1.54) is 7.11 Å². The number of aromatic nitrogens is 1. The SMILES string of the molecule is CCOc1ccc(C=C2SC(=O)N(CCNC(=O)c3ccc4ccccc4n3)C2=O)cc1OC. The number of nitrogens with one attached hydrogen (secondary N) is 1. The lowest BCUT2D eigenvalue weighted by molar-refractivity contribution is -0.122. The van der Waals surface area contributed by atoms with E-state index in [0.29, 0.717) is 28.6 Å². The molecule has 1 aromatic heterocycles. The highest BCUT2D eigenvalue weighted by molar-refractivity contribution is 8.18. The Bertz CT molecular complexity index is 1290. The number of hydrogen-bond acceptors (Lipinski definition) is 7. The molecule has 0 spiro atoms. The highest BCUT2D eigenvalue weighted by Crippen LogP contribution is 2.34. The largest absolute Gasteiger partial charge is 0.493 e. The molecular weight excluding hydrogens is 454 g/mol. The zero-order valence-corrected chi connectivity index (χ0v) is 19.6. The van der Waals surface area contributed by atoms with Crippen LogP contribution >= 0.6 is 11.8 Å². The van der Waals surface area contributed by atoms with E-state index in [0.717, 1.165) is 27.6 Å². The molecule has 9 heteroatoms. The predicted molar refractivity (Wildman–Crippen MR) is 131 cm³/mol. The highest BCUT2D eigenvalue weighted by atomic mass is 32.2. The van der Waals surface area contributed by atoms with Gasteiger partial charge < -0.3 is 14.8 Å². The number of imide groups is 1. The molecule has 174 valence electrons. The van der Waals surface area contributed by atoms with Gasteiger partial charge in [0.05, 0.1) is 24.1 Å². The second kappa shape index (κ2) is 10.4. The van der Waals surface area contributed by atoms with Gasteiger partial charge in [-0.1, -0.05) is 30.3 Å². The lowest BCUT2D eigenvalue weighted by Gasteiger charge is -2.13. The number of ether oxygens (including phenoxy) is 2. The number of pyridine rings is 1. The normalized spacial score (nSPS) is 14.6. The Morgan fingerprint density at radius 2 is 1.94 bits per heavy atom. The van der Waals surface area contributed by atoms with Crippen molar-refractivity contribution in [3.63, 3.8) is 0 Å². The number of rotatable bonds is 8. The van der Waals surface area contributed by atoms with Crippen LogP contribution in [0.3, 0.4) is 0 Å². The third-order valence-electron chi connectivity index (χ3n) is 5.11. The van der Waals surface area contributed by atoms with Crippen LogP contribution in [-0.2, 0) is 4.79 Å². The number of carbonyl (C=O) groups excluding carboxylic acids is 3. The minimum Gasteiger partial charge on any atom is -0.493 e. The van der Waals surface area contributed by atoms with Crippen molar-refractivity contribution < 1.29 is 23.9 Å². The first-order valence-electron chi connectivity index (χ1n) is 10.7. The molecule has 1 aliphatic heterocycles. The van der Waals surface area contributed by atoms with E-state index in [4.69, 9.17) is 9.47 Å². The van der Waals surface area contributed by atoms with Gasteiger partial charge in [-0.05, 0) is 54.6 Å². The Labute approximate surface area is 200 Å². The minimum atomic E-state index is -0.402. The van der Waals surface area contributed by atoms with Gasteiger partial charge in [-0.3, -0.25) is 19.3 Å². The van der Waals surface area contributed by atoms with Crippen molar-refractivity contribution in [1.29, 1.82) is 0 Å². The van der Waals surface area contributed by atoms with Crippen molar-refractivity contribution in [1.82, 2.24) is 15.2 Å². The number of carbonyl (C=O) groups is 3. The summed E-state index contributed by atoms with van der Waals surface area (Å²) < 4.78 is 10.8. The maximum atomic E-state index is 12.8. The van der Waals surface area contributed by atoms with E-state index in [1.807, 2.05) is 37.3 Å². The second-order valence-corrected chi connectivity index (χ2v) is 8.31. The van der Waals surface area contributed by atoms with Gasteiger partial charge in [-0.2, -0.15) is 0 Å². The Morgan fingerprint density at radius 3 is 2.74 bits per heavy atom. The lowest BCUT2D eigenvalue weighted by Crippen LogP contribution is -2.37. The van der Waals surface area contributed by atoms with Crippen molar-refractivity contribution in [3.8, 4) is 11.5 Å². The number of nitrogens with zero attached hydrogens (tertiary/aromatic N) is 2. The fourth-order valence-electron chi connectivity index (χ4n) is 3.46. The second-order valence-electron chi connectivity index (χ2n) is 7.32. The van der Waals surface area contributed by atoms with E-state index in [1.54, 1.807) is 30.3 Å². The molecule has 0 saturated carbocycles. The maximum Gasteiger partial charge on any atom is 0.293 e. The number of benzene rings is 2. The van der Waals surface area contributed by atoms with E-state index < -0.39 is 5.91 Å². The lowest BCUT2D eigenvalue weighted by atomic mass is 10.2. The fraction of sp³-hybridized carbons (Fsp3) is 0.200. The molecule has 3 aromatic rings. The number of para-hydroxylation sites is 1. The number of thioether (sulfide) groups is 1. The molecule has 0 unspecified atom stereocenters. The van der Waals surface area contributed by atoms with E-state index in [9.17, 15) is 14.4 Å². The highest BCUT2D eigenvalue weighted by Gasteiger charge is 2.34. The Balaban J connectivity index is 1.38.